The Kier molecular flexibility index (Phi) is 3.82. The third-order valence-corrected chi connectivity index (χ3v) is 4.52. The van der Waals surface area contributed by atoms with E-state index in [1.165, 1.54) is 11.3 Å². The minimum Gasteiger partial charge on any atom is -0.394 e. The molecule has 0 saturated carbocycles. The second-order valence-corrected chi connectivity index (χ2v) is 5.73. The highest BCUT2D eigenvalue weighted by molar-refractivity contribution is 7.13. The van der Waals surface area contributed by atoms with Crippen molar-refractivity contribution in [3.05, 3.63) is 27.7 Å². The third-order valence-electron chi connectivity index (χ3n) is 3.21. The summed E-state index contributed by atoms with van der Waals surface area (Å²) >= 11 is 1.43. The number of aromatic nitrogens is 1. The predicted octanol–water partition coefficient (Wildman–Crippen LogP) is 1.82. The van der Waals surface area contributed by atoms with E-state index in [0.717, 1.165) is 17.1 Å². The largest absolute Gasteiger partial charge is 0.394 e. The van der Waals surface area contributed by atoms with Gasteiger partial charge >= 0.3 is 0 Å². The van der Waals surface area contributed by atoms with Gasteiger partial charge in [-0.15, -0.1) is 11.3 Å². The van der Waals surface area contributed by atoms with Gasteiger partial charge in [0.15, 0.2) is 0 Å². The van der Waals surface area contributed by atoms with Gasteiger partial charge in [0.1, 0.15) is 4.88 Å². The monoisotopic (exact) mass is 266 g/mol. The summed E-state index contributed by atoms with van der Waals surface area (Å²) in [5.74, 6) is -0.123. The molecule has 2 rings (SSSR count). The first-order valence-corrected chi connectivity index (χ1v) is 6.96. The van der Waals surface area contributed by atoms with Crippen LogP contribution >= 0.6 is 11.3 Å². The van der Waals surface area contributed by atoms with Crippen molar-refractivity contribution >= 4 is 17.2 Å². The molecular weight excluding hydrogens is 248 g/mol. The molecule has 0 aromatic carbocycles. The summed E-state index contributed by atoms with van der Waals surface area (Å²) in [6, 6.07) is 0. The minimum atomic E-state index is -0.514. The molecule has 0 spiro atoms. The minimum absolute atomic E-state index is 0.0375. The Hall–Kier alpha value is -1.20. The second kappa shape index (κ2) is 5.20. The number of nitrogens with zero attached hydrogens (tertiary/aromatic N) is 1. The predicted molar refractivity (Wildman–Crippen MR) is 71.9 cm³/mol. The molecule has 1 aliphatic carbocycles. The maximum atomic E-state index is 12.2. The first-order valence-electron chi connectivity index (χ1n) is 6.15. The quantitative estimate of drug-likeness (QED) is 0.817. The number of aliphatic hydroxyl groups excluding tert-OH is 1. The summed E-state index contributed by atoms with van der Waals surface area (Å²) in [6.07, 6.45) is 6.20. The van der Waals surface area contributed by atoms with Crippen LogP contribution < -0.4 is 5.32 Å². The van der Waals surface area contributed by atoms with Gasteiger partial charge in [-0.2, -0.15) is 0 Å². The molecule has 4 nitrogen and oxygen atoms in total. The van der Waals surface area contributed by atoms with Gasteiger partial charge in [0.05, 0.1) is 22.8 Å². The van der Waals surface area contributed by atoms with Gasteiger partial charge in [-0.3, -0.25) is 4.79 Å². The summed E-state index contributed by atoms with van der Waals surface area (Å²) in [4.78, 5) is 17.2. The SMILES string of the molecule is CCc1nc(C)c(C(=O)NC2(CO)CC=CC2)s1. The van der Waals surface area contributed by atoms with Crippen LogP contribution in [0.5, 0.6) is 0 Å². The Labute approximate surface area is 111 Å². The van der Waals surface area contributed by atoms with Crippen LogP contribution in [0.1, 0.15) is 40.1 Å². The number of nitrogens with one attached hydrogen (secondary N) is 1. The van der Waals surface area contributed by atoms with E-state index in [4.69, 9.17) is 0 Å². The Morgan fingerprint density at radius 2 is 2.22 bits per heavy atom. The molecule has 1 aliphatic rings. The average molecular weight is 266 g/mol. The maximum Gasteiger partial charge on any atom is 0.263 e. The van der Waals surface area contributed by atoms with E-state index in [0.29, 0.717) is 17.7 Å². The molecule has 98 valence electrons. The molecule has 0 unspecified atom stereocenters. The number of hydrogen-bond acceptors (Lipinski definition) is 4. The molecule has 0 radical (unpaired) electrons. The van der Waals surface area contributed by atoms with Crippen molar-refractivity contribution in [3.63, 3.8) is 0 Å². The topological polar surface area (TPSA) is 62.2 Å². The van der Waals surface area contributed by atoms with E-state index in [1.54, 1.807) is 0 Å². The summed E-state index contributed by atoms with van der Waals surface area (Å²) in [5, 5.41) is 13.4. The van der Waals surface area contributed by atoms with Crippen molar-refractivity contribution in [1.29, 1.82) is 0 Å². The summed E-state index contributed by atoms with van der Waals surface area (Å²) < 4.78 is 0. The molecule has 18 heavy (non-hydrogen) atoms. The van der Waals surface area contributed by atoms with Crippen LogP contribution in [0.2, 0.25) is 0 Å². The fourth-order valence-electron chi connectivity index (χ4n) is 2.08. The lowest BCUT2D eigenvalue weighted by Crippen LogP contribution is -2.49. The fourth-order valence-corrected chi connectivity index (χ4v) is 2.98. The van der Waals surface area contributed by atoms with E-state index < -0.39 is 5.54 Å². The maximum absolute atomic E-state index is 12.2. The van der Waals surface area contributed by atoms with Gasteiger partial charge in [-0.25, -0.2) is 4.98 Å². The molecule has 0 aliphatic heterocycles. The smallest absolute Gasteiger partial charge is 0.263 e. The number of rotatable bonds is 4. The second-order valence-electron chi connectivity index (χ2n) is 4.65. The van der Waals surface area contributed by atoms with Crippen LogP contribution in [-0.2, 0) is 6.42 Å². The molecule has 1 heterocycles. The fraction of sp³-hybridized carbons (Fsp3) is 0.538. The number of carbonyl (C=O) groups excluding carboxylic acids is 1. The van der Waals surface area contributed by atoms with E-state index in [1.807, 2.05) is 26.0 Å². The zero-order valence-corrected chi connectivity index (χ0v) is 11.5. The molecule has 0 atom stereocenters. The highest BCUT2D eigenvalue weighted by atomic mass is 32.1. The lowest BCUT2D eigenvalue weighted by molar-refractivity contribution is 0.0849. The van der Waals surface area contributed by atoms with E-state index >= 15 is 0 Å². The Morgan fingerprint density at radius 3 is 2.72 bits per heavy atom. The van der Waals surface area contributed by atoms with E-state index in [9.17, 15) is 9.90 Å². The van der Waals surface area contributed by atoms with Crippen LogP contribution in [0.3, 0.4) is 0 Å². The molecular formula is C13H18N2O2S. The van der Waals surface area contributed by atoms with Gasteiger partial charge in [0.25, 0.3) is 5.91 Å². The molecule has 1 aromatic rings. The van der Waals surface area contributed by atoms with Crippen molar-refractivity contribution in [1.82, 2.24) is 10.3 Å². The van der Waals surface area contributed by atoms with Gasteiger partial charge in [-0.1, -0.05) is 19.1 Å². The van der Waals surface area contributed by atoms with Gasteiger partial charge in [0.2, 0.25) is 0 Å². The lowest BCUT2D eigenvalue weighted by Gasteiger charge is -2.27. The van der Waals surface area contributed by atoms with Crippen molar-refractivity contribution < 1.29 is 9.90 Å². The van der Waals surface area contributed by atoms with Crippen molar-refractivity contribution in [3.8, 4) is 0 Å². The van der Waals surface area contributed by atoms with Gasteiger partial charge < -0.3 is 10.4 Å². The molecule has 1 aromatic heterocycles. The van der Waals surface area contributed by atoms with Crippen molar-refractivity contribution in [2.45, 2.75) is 38.6 Å². The van der Waals surface area contributed by atoms with Crippen LogP contribution in [0.15, 0.2) is 12.2 Å². The number of amides is 1. The van der Waals surface area contributed by atoms with E-state index in [-0.39, 0.29) is 12.5 Å². The Bertz CT molecular complexity index is 471. The summed E-state index contributed by atoms with van der Waals surface area (Å²) in [6.45, 7) is 3.84. The molecule has 0 bridgehead atoms. The average Bonchev–Trinajstić information content (AvgIpc) is 2.96. The summed E-state index contributed by atoms with van der Waals surface area (Å²) in [7, 11) is 0. The van der Waals surface area contributed by atoms with Gasteiger partial charge in [-0.05, 0) is 26.2 Å². The third kappa shape index (κ3) is 2.47. The van der Waals surface area contributed by atoms with Crippen LogP contribution in [0.4, 0.5) is 0 Å². The first kappa shape index (κ1) is 13.2. The van der Waals surface area contributed by atoms with Crippen LogP contribution in [0, 0.1) is 6.92 Å². The van der Waals surface area contributed by atoms with Gasteiger partial charge in [0, 0.05) is 0 Å². The van der Waals surface area contributed by atoms with Crippen molar-refractivity contribution in [2.24, 2.45) is 0 Å². The zero-order valence-electron chi connectivity index (χ0n) is 10.7. The van der Waals surface area contributed by atoms with E-state index in [2.05, 4.69) is 10.3 Å². The Balaban J connectivity index is 2.13. The highest BCUT2D eigenvalue weighted by Crippen LogP contribution is 2.25. The number of aliphatic hydroxyl groups is 1. The lowest BCUT2D eigenvalue weighted by atomic mass is 9.98. The number of aryl methyl sites for hydroxylation is 2. The molecule has 2 N–H and O–H groups in total. The number of thiazole rings is 1. The standard InChI is InChI=1S/C13H18N2O2S/c1-3-10-14-9(2)11(18-10)12(17)15-13(8-16)6-4-5-7-13/h4-5,16H,3,6-8H2,1-2H3,(H,15,17). The normalized spacial score (nSPS) is 17.1. The van der Waals surface area contributed by atoms with Crippen LogP contribution in [-0.4, -0.2) is 28.1 Å². The Morgan fingerprint density at radius 1 is 1.56 bits per heavy atom. The molecule has 1 amide bonds. The first-order chi connectivity index (χ1) is 8.60. The molecule has 5 heteroatoms. The molecule has 0 saturated heterocycles. The van der Waals surface area contributed by atoms with Crippen LogP contribution in [0.25, 0.3) is 0 Å². The van der Waals surface area contributed by atoms with Crippen molar-refractivity contribution in [2.75, 3.05) is 6.61 Å². The summed E-state index contributed by atoms with van der Waals surface area (Å²) in [5.41, 5.74) is 0.258. The molecule has 0 fully saturated rings. The number of carbonyl (C=O) groups is 1. The number of hydrogen-bond donors (Lipinski definition) is 2. The zero-order chi connectivity index (χ0) is 13.2. The highest BCUT2D eigenvalue weighted by Gasteiger charge is 2.33.